The quantitative estimate of drug-likeness (QED) is 0.498. The molecule has 33 heavy (non-hydrogen) atoms. The van der Waals surface area contributed by atoms with Crippen LogP contribution in [0.1, 0.15) is 30.4 Å². The number of hydrogen-bond acceptors (Lipinski definition) is 4. The van der Waals surface area contributed by atoms with Gasteiger partial charge in [-0.25, -0.2) is 4.39 Å². The number of hydrogen-bond donors (Lipinski definition) is 2. The van der Waals surface area contributed by atoms with Crippen molar-refractivity contribution in [3.05, 3.63) is 71.8 Å². The first-order chi connectivity index (χ1) is 16.1. The second-order valence-corrected chi connectivity index (χ2v) is 8.51. The maximum Gasteiger partial charge on any atom is 0.222 e. The molecular weight excluding hydrogens is 417 g/mol. The van der Waals surface area contributed by atoms with Gasteiger partial charge in [-0.3, -0.25) is 14.9 Å². The summed E-state index contributed by atoms with van der Waals surface area (Å²) in [7, 11) is 1.77. The van der Waals surface area contributed by atoms with Crippen molar-refractivity contribution in [2.45, 2.75) is 25.7 Å². The highest BCUT2D eigenvalue weighted by atomic mass is 19.1. The maximum atomic E-state index is 13.0. The lowest BCUT2D eigenvalue weighted by Gasteiger charge is -2.32. The first-order valence-corrected chi connectivity index (χ1v) is 11.4. The molecule has 1 fully saturated rings. The molecule has 1 aromatic heterocycles. The highest BCUT2D eigenvalue weighted by Crippen LogP contribution is 2.25. The van der Waals surface area contributed by atoms with Gasteiger partial charge in [0.25, 0.3) is 0 Å². The van der Waals surface area contributed by atoms with Crippen molar-refractivity contribution in [3.63, 3.8) is 0 Å². The number of nitrogens with one attached hydrogen (secondary N) is 2. The third-order valence-corrected chi connectivity index (χ3v) is 6.24. The van der Waals surface area contributed by atoms with Gasteiger partial charge in [0, 0.05) is 62.3 Å². The Labute approximate surface area is 193 Å². The van der Waals surface area contributed by atoms with E-state index in [1.807, 2.05) is 23.5 Å². The molecule has 1 aliphatic rings. The number of H-pyrrole nitrogens is 1. The SMILES string of the molecule is CN=Cc1cc(-c2cn[nH]c2)ccc1NCC1CCN(C(=O)CCc2ccc(F)cc2)CC1. The minimum atomic E-state index is -0.247. The smallest absolute Gasteiger partial charge is 0.222 e. The summed E-state index contributed by atoms with van der Waals surface area (Å²) in [5.41, 5.74) is 5.24. The van der Waals surface area contributed by atoms with Crippen molar-refractivity contribution in [1.82, 2.24) is 15.1 Å². The number of rotatable bonds is 8. The second kappa shape index (κ2) is 10.9. The van der Waals surface area contributed by atoms with E-state index in [4.69, 9.17) is 0 Å². The highest BCUT2D eigenvalue weighted by molar-refractivity contribution is 5.90. The number of piperidine rings is 1. The summed E-state index contributed by atoms with van der Waals surface area (Å²) < 4.78 is 13.0. The number of aromatic nitrogens is 2. The predicted molar refractivity (Wildman–Crippen MR) is 130 cm³/mol. The van der Waals surface area contributed by atoms with E-state index >= 15 is 0 Å². The van der Waals surface area contributed by atoms with Gasteiger partial charge in [-0.15, -0.1) is 0 Å². The van der Waals surface area contributed by atoms with Gasteiger partial charge in [-0.1, -0.05) is 18.2 Å². The van der Waals surface area contributed by atoms with Gasteiger partial charge in [0.15, 0.2) is 0 Å². The average molecular weight is 448 g/mol. The number of likely N-dealkylation sites (tertiary alicyclic amines) is 1. The van der Waals surface area contributed by atoms with Gasteiger partial charge >= 0.3 is 0 Å². The summed E-state index contributed by atoms with van der Waals surface area (Å²) in [6, 6.07) is 12.7. The molecule has 1 aliphatic heterocycles. The topological polar surface area (TPSA) is 73.4 Å². The Bertz CT molecular complexity index is 1070. The van der Waals surface area contributed by atoms with Crippen LogP contribution in [0.5, 0.6) is 0 Å². The number of carbonyl (C=O) groups excluding carboxylic acids is 1. The first-order valence-electron chi connectivity index (χ1n) is 11.4. The largest absolute Gasteiger partial charge is 0.384 e. The minimum absolute atomic E-state index is 0.182. The van der Waals surface area contributed by atoms with E-state index in [-0.39, 0.29) is 11.7 Å². The maximum absolute atomic E-state index is 13.0. The monoisotopic (exact) mass is 447 g/mol. The Morgan fingerprint density at radius 2 is 2.00 bits per heavy atom. The zero-order valence-corrected chi connectivity index (χ0v) is 18.9. The second-order valence-electron chi connectivity index (χ2n) is 8.51. The predicted octanol–water partition coefficient (Wildman–Crippen LogP) is 4.55. The molecule has 0 unspecified atom stereocenters. The van der Waals surface area contributed by atoms with Gasteiger partial charge in [0.2, 0.25) is 5.91 Å². The van der Waals surface area contributed by atoms with Crippen LogP contribution in [0.3, 0.4) is 0 Å². The molecule has 4 rings (SSSR count). The minimum Gasteiger partial charge on any atom is -0.384 e. The van der Waals surface area contributed by atoms with Crippen LogP contribution < -0.4 is 5.32 Å². The van der Waals surface area contributed by atoms with E-state index in [0.717, 1.165) is 60.4 Å². The van der Waals surface area contributed by atoms with Crippen LogP contribution in [0, 0.1) is 11.7 Å². The number of halogens is 1. The molecule has 2 N–H and O–H groups in total. The Balaban J connectivity index is 1.26. The van der Waals surface area contributed by atoms with Crippen LogP contribution in [0.15, 0.2) is 59.9 Å². The van der Waals surface area contributed by atoms with Crippen LogP contribution >= 0.6 is 0 Å². The third kappa shape index (κ3) is 6.06. The number of amides is 1. The lowest BCUT2D eigenvalue weighted by molar-refractivity contribution is -0.132. The molecule has 0 aliphatic carbocycles. The molecular formula is C26H30FN5O. The summed E-state index contributed by atoms with van der Waals surface area (Å²) in [6.07, 6.45) is 8.65. The van der Waals surface area contributed by atoms with Crippen LogP contribution in [0.4, 0.5) is 10.1 Å². The first kappa shape index (κ1) is 22.7. The molecule has 0 radical (unpaired) electrons. The average Bonchev–Trinajstić information content (AvgIpc) is 3.38. The number of benzene rings is 2. The zero-order chi connectivity index (χ0) is 23.0. The summed E-state index contributed by atoms with van der Waals surface area (Å²) in [6.45, 7) is 2.45. The molecule has 6 nitrogen and oxygen atoms in total. The van der Waals surface area contributed by atoms with Crippen LogP contribution in [0.25, 0.3) is 11.1 Å². The Hall–Kier alpha value is -3.48. The number of aromatic amines is 1. The fourth-order valence-corrected chi connectivity index (χ4v) is 4.26. The van der Waals surface area contributed by atoms with Crippen molar-refractivity contribution in [3.8, 4) is 11.1 Å². The molecule has 3 aromatic rings. The molecule has 7 heteroatoms. The zero-order valence-electron chi connectivity index (χ0n) is 18.9. The molecule has 0 bridgehead atoms. The van der Waals surface area contributed by atoms with E-state index in [9.17, 15) is 9.18 Å². The molecule has 1 saturated heterocycles. The van der Waals surface area contributed by atoms with E-state index in [0.29, 0.717) is 18.8 Å². The molecule has 172 valence electrons. The summed E-state index contributed by atoms with van der Waals surface area (Å²) >= 11 is 0. The lowest BCUT2D eigenvalue weighted by Crippen LogP contribution is -2.40. The fourth-order valence-electron chi connectivity index (χ4n) is 4.26. The van der Waals surface area contributed by atoms with Crippen LogP contribution in [-0.4, -0.2) is 53.9 Å². The molecule has 2 heterocycles. The van der Waals surface area contributed by atoms with Gasteiger partial charge in [-0.2, -0.15) is 5.10 Å². The molecule has 1 amide bonds. The van der Waals surface area contributed by atoms with Gasteiger partial charge in [0.05, 0.1) is 6.20 Å². The van der Waals surface area contributed by atoms with Crippen LogP contribution in [-0.2, 0) is 11.2 Å². The van der Waals surface area contributed by atoms with E-state index < -0.39 is 0 Å². The Morgan fingerprint density at radius 3 is 2.70 bits per heavy atom. The number of nitrogens with zero attached hydrogens (tertiary/aromatic N) is 3. The van der Waals surface area contributed by atoms with Crippen molar-refractivity contribution in [1.29, 1.82) is 0 Å². The lowest BCUT2D eigenvalue weighted by atomic mass is 9.96. The van der Waals surface area contributed by atoms with Crippen molar-refractivity contribution in [2.24, 2.45) is 10.9 Å². The molecule has 0 saturated carbocycles. The Morgan fingerprint density at radius 1 is 1.21 bits per heavy atom. The van der Waals surface area contributed by atoms with E-state index in [1.165, 1.54) is 12.1 Å². The number of anilines is 1. The van der Waals surface area contributed by atoms with Crippen molar-refractivity contribution >= 4 is 17.8 Å². The summed E-state index contributed by atoms with van der Waals surface area (Å²) in [4.78, 5) is 18.8. The third-order valence-electron chi connectivity index (χ3n) is 6.24. The Kier molecular flexibility index (Phi) is 7.50. The fraction of sp³-hybridized carbons (Fsp3) is 0.346. The van der Waals surface area contributed by atoms with Gasteiger partial charge < -0.3 is 10.2 Å². The van der Waals surface area contributed by atoms with Crippen molar-refractivity contribution in [2.75, 3.05) is 32.0 Å². The van der Waals surface area contributed by atoms with Crippen LogP contribution in [0.2, 0.25) is 0 Å². The summed E-state index contributed by atoms with van der Waals surface area (Å²) in [5, 5.41) is 10.5. The van der Waals surface area contributed by atoms with Gasteiger partial charge in [-0.05, 0) is 60.6 Å². The highest BCUT2D eigenvalue weighted by Gasteiger charge is 2.22. The molecule has 0 atom stereocenters. The normalized spacial score (nSPS) is 14.7. The number of aliphatic imine (C=N–C) groups is 1. The number of aryl methyl sites for hydroxylation is 1. The number of carbonyl (C=O) groups is 1. The van der Waals surface area contributed by atoms with E-state index in [2.05, 4.69) is 38.7 Å². The molecule has 0 spiro atoms. The standard InChI is InChI=1S/C26H30FN5O/c1-28-16-22-14-21(23-17-30-31-18-23)5-8-25(22)29-15-20-10-12-32(13-11-20)26(33)9-4-19-2-6-24(27)7-3-19/h2-3,5-8,14,16-18,20,29H,4,9-13,15H2,1H3,(H,30,31). The van der Waals surface area contributed by atoms with E-state index in [1.54, 1.807) is 19.2 Å². The summed E-state index contributed by atoms with van der Waals surface area (Å²) in [5.74, 6) is 0.455. The molecule has 2 aromatic carbocycles. The van der Waals surface area contributed by atoms with Crippen molar-refractivity contribution < 1.29 is 9.18 Å². The van der Waals surface area contributed by atoms with Gasteiger partial charge in [0.1, 0.15) is 5.82 Å².